The molecule has 0 bridgehead atoms. The monoisotopic (exact) mass is 394 g/mol. The third kappa shape index (κ3) is 4.68. The molecular formula is C19H16ClF3N3O+. The largest absolute Gasteiger partial charge is 0.419 e. The highest BCUT2D eigenvalue weighted by molar-refractivity contribution is 6.32. The van der Waals surface area contributed by atoms with Gasteiger partial charge in [0.1, 0.15) is 17.8 Å². The maximum atomic E-state index is 12.6. The van der Waals surface area contributed by atoms with Crippen molar-refractivity contribution in [3.8, 4) is 0 Å². The van der Waals surface area contributed by atoms with E-state index in [-0.39, 0.29) is 23.3 Å². The quantitative estimate of drug-likeness (QED) is 0.638. The highest BCUT2D eigenvalue weighted by Crippen LogP contribution is 2.31. The number of H-pyrrole nitrogens is 1. The Morgan fingerprint density at radius 3 is 2.48 bits per heavy atom. The number of benzene rings is 2. The lowest BCUT2D eigenvalue weighted by atomic mass is 10.1. The summed E-state index contributed by atoms with van der Waals surface area (Å²) < 4.78 is 37.8. The van der Waals surface area contributed by atoms with Crippen molar-refractivity contribution in [3.63, 3.8) is 0 Å². The molecular weight excluding hydrogens is 379 g/mol. The molecule has 3 aromatic rings. The van der Waals surface area contributed by atoms with Gasteiger partial charge in [0, 0.05) is 5.56 Å². The molecule has 0 saturated carbocycles. The number of hydrogen-bond donors (Lipinski definition) is 2. The Hall–Kier alpha value is -2.80. The van der Waals surface area contributed by atoms with Crippen molar-refractivity contribution in [2.45, 2.75) is 6.18 Å². The van der Waals surface area contributed by atoms with Gasteiger partial charge in [-0.05, 0) is 29.0 Å². The molecule has 0 saturated heterocycles. The van der Waals surface area contributed by atoms with Crippen molar-refractivity contribution in [3.05, 3.63) is 70.9 Å². The first-order chi connectivity index (χ1) is 12.8. The van der Waals surface area contributed by atoms with Crippen LogP contribution in [0.15, 0.2) is 54.7 Å². The summed E-state index contributed by atoms with van der Waals surface area (Å²) in [4.78, 5) is 14.7. The summed E-state index contributed by atoms with van der Waals surface area (Å²) in [6.45, 7) is 0.567. The van der Waals surface area contributed by atoms with E-state index >= 15 is 0 Å². The van der Waals surface area contributed by atoms with Crippen LogP contribution in [-0.2, 0) is 6.18 Å². The zero-order chi connectivity index (χ0) is 19.4. The number of halogens is 4. The number of nitrogens with one attached hydrogen (secondary N) is 3. The number of carbonyl (C=O) groups excluding carboxylic acids is 1. The third-order valence-corrected chi connectivity index (χ3v) is 4.24. The van der Waals surface area contributed by atoms with Gasteiger partial charge in [-0.3, -0.25) is 10.1 Å². The van der Waals surface area contributed by atoms with Crippen LogP contribution >= 0.6 is 11.6 Å². The second kappa shape index (κ2) is 7.84. The first-order valence-corrected chi connectivity index (χ1v) is 8.52. The van der Waals surface area contributed by atoms with Gasteiger partial charge in [-0.25, -0.2) is 4.98 Å². The van der Waals surface area contributed by atoms with Gasteiger partial charge >= 0.3 is 6.18 Å². The van der Waals surface area contributed by atoms with E-state index in [0.29, 0.717) is 12.1 Å². The highest BCUT2D eigenvalue weighted by Gasteiger charge is 2.32. The van der Waals surface area contributed by atoms with Crippen LogP contribution in [0.1, 0.15) is 15.9 Å². The average Bonchev–Trinajstić information content (AvgIpc) is 2.64. The normalized spacial score (nSPS) is 11.4. The fraction of sp³-hybridized carbons (Fsp3) is 0.158. The summed E-state index contributed by atoms with van der Waals surface area (Å²) in [5.74, 6) is 0.0228. The van der Waals surface area contributed by atoms with Crippen LogP contribution < -0.4 is 15.6 Å². The van der Waals surface area contributed by atoms with Crippen LogP contribution in [0, 0.1) is 0 Å². The van der Waals surface area contributed by atoms with Crippen LogP contribution in [0.3, 0.4) is 0 Å². The van der Waals surface area contributed by atoms with E-state index in [1.807, 2.05) is 30.3 Å². The number of aromatic amines is 1. The first-order valence-electron chi connectivity index (χ1n) is 8.14. The van der Waals surface area contributed by atoms with Gasteiger partial charge < -0.3 is 5.32 Å². The Bertz CT molecular complexity index is 976. The summed E-state index contributed by atoms with van der Waals surface area (Å²) in [6, 6.07) is 14.0. The van der Waals surface area contributed by atoms with Crippen LogP contribution in [0.4, 0.5) is 19.0 Å². The minimum Gasteiger partial charge on any atom is -0.348 e. The summed E-state index contributed by atoms with van der Waals surface area (Å²) in [5, 5.41) is 7.54. The standard InChI is InChI=1S/C19H15ClF3N3O/c20-16-10-15(19(21,22)23)11-26-17(16)24-7-8-25-18(27)14-6-5-12-3-1-2-4-13(12)9-14/h1-6,9-11H,7-8H2,(H,24,26)(H,25,27)/p+1. The third-order valence-electron chi connectivity index (χ3n) is 3.94. The minimum atomic E-state index is -4.47. The van der Waals surface area contributed by atoms with Gasteiger partial charge in [-0.1, -0.05) is 41.9 Å². The van der Waals surface area contributed by atoms with Crippen LogP contribution in [0.2, 0.25) is 5.02 Å². The second-order valence-electron chi connectivity index (χ2n) is 5.85. The molecule has 0 aliphatic heterocycles. The van der Waals surface area contributed by atoms with E-state index < -0.39 is 11.7 Å². The Kier molecular flexibility index (Phi) is 5.51. The number of carbonyl (C=O) groups is 1. The van der Waals surface area contributed by atoms with Crippen LogP contribution in [-0.4, -0.2) is 19.0 Å². The SMILES string of the molecule is O=C(NCCNc1[nH+]cc(C(F)(F)F)cc1Cl)c1ccc2ccccc2c1. The number of anilines is 1. The summed E-state index contributed by atoms with van der Waals surface area (Å²) in [7, 11) is 0. The van der Waals surface area contributed by atoms with Gasteiger partial charge in [0.2, 0.25) is 0 Å². The van der Waals surface area contributed by atoms with E-state index in [2.05, 4.69) is 15.6 Å². The van der Waals surface area contributed by atoms with Crippen molar-refractivity contribution >= 4 is 34.1 Å². The number of fused-ring (bicyclic) bond motifs is 1. The predicted octanol–water partition coefficient (Wildman–Crippen LogP) is 4.17. The fourth-order valence-corrected chi connectivity index (χ4v) is 2.80. The molecule has 140 valence electrons. The molecule has 0 aliphatic carbocycles. The molecule has 0 atom stereocenters. The number of aromatic nitrogens is 1. The Morgan fingerprint density at radius 1 is 1.04 bits per heavy atom. The van der Waals surface area contributed by atoms with Crippen LogP contribution in [0.5, 0.6) is 0 Å². The average molecular weight is 395 g/mol. The molecule has 3 rings (SSSR count). The fourth-order valence-electron chi connectivity index (χ4n) is 2.56. The zero-order valence-electron chi connectivity index (χ0n) is 14.0. The molecule has 2 aromatic carbocycles. The van der Waals surface area contributed by atoms with Gasteiger partial charge in [0.15, 0.2) is 0 Å². The highest BCUT2D eigenvalue weighted by atomic mass is 35.5. The first kappa shape index (κ1) is 19.0. The molecule has 4 nitrogen and oxygen atoms in total. The van der Waals surface area contributed by atoms with E-state index in [0.717, 1.165) is 23.0 Å². The van der Waals surface area contributed by atoms with Crippen molar-refractivity contribution < 1.29 is 22.9 Å². The van der Waals surface area contributed by atoms with Gasteiger partial charge in [-0.15, -0.1) is 0 Å². The lowest BCUT2D eigenvalue weighted by Crippen LogP contribution is -2.30. The number of alkyl halides is 3. The van der Waals surface area contributed by atoms with Crippen molar-refractivity contribution in [1.82, 2.24) is 5.32 Å². The molecule has 0 radical (unpaired) electrons. The molecule has 0 spiro atoms. The Morgan fingerprint density at radius 2 is 1.78 bits per heavy atom. The Labute approximate surface area is 158 Å². The summed E-state index contributed by atoms with van der Waals surface area (Å²) >= 11 is 5.85. The molecule has 0 aliphatic rings. The number of amides is 1. The van der Waals surface area contributed by atoms with E-state index in [9.17, 15) is 18.0 Å². The predicted molar refractivity (Wildman–Crippen MR) is 97.8 cm³/mol. The maximum absolute atomic E-state index is 12.6. The number of pyridine rings is 1. The molecule has 1 heterocycles. The topological polar surface area (TPSA) is 55.3 Å². The number of hydrogen-bond acceptors (Lipinski definition) is 2. The van der Waals surface area contributed by atoms with Crippen molar-refractivity contribution in [2.75, 3.05) is 18.4 Å². The maximum Gasteiger partial charge on any atom is 0.419 e. The number of rotatable bonds is 5. The van der Waals surface area contributed by atoms with Crippen molar-refractivity contribution in [1.29, 1.82) is 0 Å². The molecule has 1 aromatic heterocycles. The Balaban J connectivity index is 1.54. The molecule has 0 unspecified atom stereocenters. The smallest absolute Gasteiger partial charge is 0.348 e. The molecule has 8 heteroatoms. The summed E-state index contributed by atoms with van der Waals surface area (Å²) in [6.07, 6.45) is -3.63. The van der Waals surface area contributed by atoms with Gasteiger partial charge in [-0.2, -0.15) is 13.2 Å². The van der Waals surface area contributed by atoms with Crippen molar-refractivity contribution in [2.24, 2.45) is 0 Å². The molecule has 3 N–H and O–H groups in total. The zero-order valence-corrected chi connectivity index (χ0v) is 14.8. The second-order valence-corrected chi connectivity index (χ2v) is 6.26. The lowest BCUT2D eigenvalue weighted by molar-refractivity contribution is -0.364. The van der Waals surface area contributed by atoms with Gasteiger partial charge in [0.25, 0.3) is 11.7 Å². The van der Waals surface area contributed by atoms with Gasteiger partial charge in [0.05, 0.1) is 12.1 Å². The minimum absolute atomic E-state index is 0.0781. The molecule has 0 fully saturated rings. The summed E-state index contributed by atoms with van der Waals surface area (Å²) in [5.41, 5.74) is -0.324. The molecule has 27 heavy (non-hydrogen) atoms. The van der Waals surface area contributed by atoms with E-state index in [1.54, 1.807) is 12.1 Å². The lowest BCUT2D eigenvalue weighted by Gasteiger charge is -2.08. The van der Waals surface area contributed by atoms with Crippen LogP contribution in [0.25, 0.3) is 10.8 Å². The molecule has 1 amide bonds. The van der Waals surface area contributed by atoms with E-state index in [4.69, 9.17) is 11.6 Å². The van der Waals surface area contributed by atoms with E-state index in [1.165, 1.54) is 0 Å².